The van der Waals surface area contributed by atoms with Gasteiger partial charge < -0.3 is 14.6 Å². The van der Waals surface area contributed by atoms with E-state index in [0.717, 1.165) is 7.11 Å². The van der Waals surface area contributed by atoms with Crippen LogP contribution in [0.4, 0.5) is 0 Å². The molecule has 27 heavy (non-hydrogen) atoms. The van der Waals surface area contributed by atoms with Crippen LogP contribution < -0.4 is 11.2 Å². The zero-order valence-electron chi connectivity index (χ0n) is 14.9. The Hall–Kier alpha value is -3.40. The van der Waals surface area contributed by atoms with Crippen molar-refractivity contribution in [2.24, 2.45) is 0 Å². The molecule has 0 saturated heterocycles. The summed E-state index contributed by atoms with van der Waals surface area (Å²) in [4.78, 5) is 53.6. The molecule has 0 amide bonds. The lowest BCUT2D eigenvalue weighted by molar-refractivity contribution is -0.154. The van der Waals surface area contributed by atoms with Crippen molar-refractivity contribution in [2.45, 2.75) is 12.1 Å². The smallest absolute Gasteiger partial charge is 0.349 e. The first-order chi connectivity index (χ1) is 12.8. The second-order valence-electron chi connectivity index (χ2n) is 5.79. The Morgan fingerprint density at radius 2 is 1.74 bits per heavy atom. The Balaban J connectivity index is 2.52. The number of hydrogen-bond donors (Lipinski definition) is 3. The number of esters is 2. The van der Waals surface area contributed by atoms with Gasteiger partial charge in [0.05, 0.1) is 24.3 Å². The average Bonchev–Trinajstić information content (AvgIpc) is 2.62. The topological polar surface area (TPSA) is 142 Å². The van der Waals surface area contributed by atoms with Crippen molar-refractivity contribution in [2.75, 3.05) is 21.2 Å². The molecular formula is C17H19N3O7. The van der Waals surface area contributed by atoms with Crippen molar-refractivity contribution < 1.29 is 24.2 Å². The van der Waals surface area contributed by atoms with Gasteiger partial charge in [-0.25, -0.2) is 14.4 Å². The minimum atomic E-state index is -1.59. The third kappa shape index (κ3) is 4.42. The normalized spacial score (nSPS) is 13.0. The Bertz CT molecular complexity index is 934. The van der Waals surface area contributed by atoms with Gasteiger partial charge in [-0.05, 0) is 26.2 Å². The van der Waals surface area contributed by atoms with Crippen LogP contribution in [0.5, 0.6) is 5.88 Å². The predicted octanol–water partition coefficient (Wildman–Crippen LogP) is -0.230. The van der Waals surface area contributed by atoms with Crippen molar-refractivity contribution in [1.82, 2.24) is 14.9 Å². The molecule has 0 aliphatic rings. The van der Waals surface area contributed by atoms with Gasteiger partial charge in [0.1, 0.15) is 0 Å². The van der Waals surface area contributed by atoms with Crippen LogP contribution in [-0.4, -0.2) is 59.2 Å². The maximum atomic E-state index is 12.4. The molecule has 1 heterocycles. The van der Waals surface area contributed by atoms with E-state index in [1.807, 2.05) is 9.97 Å². The number of H-pyrrole nitrogens is 2. The minimum absolute atomic E-state index is 0.184. The molecule has 144 valence electrons. The van der Waals surface area contributed by atoms with Crippen molar-refractivity contribution in [3.05, 3.63) is 62.3 Å². The van der Waals surface area contributed by atoms with Crippen LogP contribution in [0.1, 0.15) is 22.0 Å². The van der Waals surface area contributed by atoms with Crippen LogP contribution in [0.3, 0.4) is 0 Å². The number of likely N-dealkylation sites (N-methyl/N-ethyl adjacent to an activating group) is 1. The summed E-state index contributed by atoms with van der Waals surface area (Å²) in [6.07, 6.45) is -1.59. The summed E-state index contributed by atoms with van der Waals surface area (Å²) in [6.45, 7) is 0. The SMILES string of the molecule is COC(=O)C(OC(=O)c1ccccc1)C(c1c(O)[nH]c(=O)[nH]c1=O)N(C)C. The molecule has 1 aromatic heterocycles. The molecule has 2 aromatic rings. The van der Waals surface area contributed by atoms with Crippen molar-refractivity contribution in [3.8, 4) is 5.88 Å². The number of nitrogens with zero attached hydrogens (tertiary/aromatic N) is 1. The lowest BCUT2D eigenvalue weighted by atomic mass is 10.0. The number of aromatic amines is 2. The maximum absolute atomic E-state index is 12.4. The van der Waals surface area contributed by atoms with Gasteiger partial charge in [-0.1, -0.05) is 18.2 Å². The third-order valence-corrected chi connectivity index (χ3v) is 3.77. The molecule has 2 atom stereocenters. The van der Waals surface area contributed by atoms with Crippen molar-refractivity contribution in [3.63, 3.8) is 0 Å². The largest absolute Gasteiger partial charge is 0.494 e. The molecule has 10 nitrogen and oxygen atoms in total. The zero-order chi connectivity index (χ0) is 20.1. The highest BCUT2D eigenvalue weighted by Crippen LogP contribution is 2.28. The first-order valence-electron chi connectivity index (χ1n) is 7.82. The fraction of sp³-hybridized carbons (Fsp3) is 0.294. The standard InChI is InChI=1S/C17H19N3O7/c1-20(2)11(10-13(21)18-17(25)19-14(10)22)12(16(24)26-3)27-15(23)9-7-5-4-6-8-9/h4-8,11-12H,1-3H3,(H3,18,19,21,22,25). The van der Waals surface area contributed by atoms with Crippen LogP contribution in [0, 0.1) is 0 Å². The predicted molar refractivity (Wildman–Crippen MR) is 93.4 cm³/mol. The van der Waals surface area contributed by atoms with Gasteiger partial charge >= 0.3 is 17.6 Å². The Kier molecular flexibility index (Phi) is 6.14. The number of aromatic hydroxyl groups is 1. The summed E-state index contributed by atoms with van der Waals surface area (Å²) in [7, 11) is 4.09. The van der Waals surface area contributed by atoms with Crippen LogP contribution in [0.15, 0.2) is 39.9 Å². The Morgan fingerprint density at radius 3 is 2.26 bits per heavy atom. The molecule has 1 aromatic carbocycles. The fourth-order valence-electron chi connectivity index (χ4n) is 2.55. The third-order valence-electron chi connectivity index (χ3n) is 3.77. The molecule has 0 bridgehead atoms. The molecule has 0 fully saturated rings. The maximum Gasteiger partial charge on any atom is 0.349 e. The highest BCUT2D eigenvalue weighted by Gasteiger charge is 2.39. The molecular weight excluding hydrogens is 358 g/mol. The number of carbonyl (C=O) groups is 2. The van der Waals surface area contributed by atoms with E-state index in [2.05, 4.69) is 0 Å². The lowest BCUT2D eigenvalue weighted by Crippen LogP contribution is -2.44. The summed E-state index contributed by atoms with van der Waals surface area (Å²) in [5.74, 6) is -2.51. The second kappa shape index (κ2) is 8.32. The highest BCUT2D eigenvalue weighted by atomic mass is 16.6. The van der Waals surface area contributed by atoms with Crippen LogP contribution >= 0.6 is 0 Å². The van der Waals surface area contributed by atoms with Crippen molar-refractivity contribution in [1.29, 1.82) is 0 Å². The molecule has 0 saturated carbocycles. The number of carbonyl (C=O) groups excluding carboxylic acids is 2. The first-order valence-corrected chi connectivity index (χ1v) is 7.82. The van der Waals surface area contributed by atoms with Gasteiger partial charge in [-0.15, -0.1) is 0 Å². The van der Waals surface area contributed by atoms with Gasteiger partial charge in [0, 0.05) is 0 Å². The van der Waals surface area contributed by atoms with E-state index < -0.39 is 41.2 Å². The van der Waals surface area contributed by atoms with Gasteiger partial charge in [-0.3, -0.25) is 19.7 Å². The number of ether oxygens (including phenoxy) is 2. The van der Waals surface area contributed by atoms with Gasteiger partial charge in [0.25, 0.3) is 5.56 Å². The monoisotopic (exact) mass is 377 g/mol. The number of nitrogens with one attached hydrogen (secondary N) is 2. The second-order valence-corrected chi connectivity index (χ2v) is 5.79. The van der Waals surface area contributed by atoms with E-state index >= 15 is 0 Å². The lowest BCUT2D eigenvalue weighted by Gasteiger charge is -2.30. The summed E-state index contributed by atoms with van der Waals surface area (Å²) in [5, 5.41) is 10.1. The number of methoxy groups -OCH3 is 1. The molecule has 0 spiro atoms. The van der Waals surface area contributed by atoms with Gasteiger partial charge in [-0.2, -0.15) is 0 Å². The van der Waals surface area contributed by atoms with Gasteiger partial charge in [0.2, 0.25) is 12.0 Å². The van der Waals surface area contributed by atoms with E-state index in [9.17, 15) is 24.3 Å². The number of benzene rings is 1. The first kappa shape index (κ1) is 19.9. The molecule has 0 aliphatic carbocycles. The molecule has 0 radical (unpaired) electrons. The molecule has 2 unspecified atom stereocenters. The Labute approximate surface area is 153 Å². The summed E-state index contributed by atoms with van der Waals surface area (Å²) in [6, 6.07) is 6.69. The van der Waals surface area contributed by atoms with Crippen molar-refractivity contribution >= 4 is 11.9 Å². The molecule has 3 N–H and O–H groups in total. The zero-order valence-corrected chi connectivity index (χ0v) is 14.9. The van der Waals surface area contributed by atoms with E-state index in [4.69, 9.17) is 9.47 Å². The van der Waals surface area contributed by atoms with E-state index in [1.54, 1.807) is 18.2 Å². The fourth-order valence-corrected chi connectivity index (χ4v) is 2.55. The molecule has 10 heteroatoms. The van der Waals surface area contributed by atoms with Gasteiger partial charge in [0.15, 0.2) is 0 Å². The van der Waals surface area contributed by atoms with Crippen LogP contribution in [0.2, 0.25) is 0 Å². The Morgan fingerprint density at radius 1 is 1.11 bits per heavy atom. The van der Waals surface area contributed by atoms with E-state index in [1.165, 1.54) is 31.1 Å². The summed E-state index contributed by atoms with van der Waals surface area (Å²) >= 11 is 0. The van der Waals surface area contributed by atoms with E-state index in [-0.39, 0.29) is 11.1 Å². The van der Waals surface area contributed by atoms with Crippen LogP contribution in [-0.2, 0) is 14.3 Å². The van der Waals surface area contributed by atoms with E-state index in [0.29, 0.717) is 0 Å². The summed E-state index contributed by atoms with van der Waals surface area (Å²) < 4.78 is 9.99. The van der Waals surface area contributed by atoms with Crippen LogP contribution in [0.25, 0.3) is 0 Å². The number of aromatic nitrogens is 2. The molecule has 0 aliphatic heterocycles. The highest BCUT2D eigenvalue weighted by molar-refractivity contribution is 5.91. The quantitative estimate of drug-likeness (QED) is 0.586. The average molecular weight is 377 g/mol. The summed E-state index contributed by atoms with van der Waals surface area (Å²) in [5.41, 5.74) is -2.02. The number of hydrogen-bond acceptors (Lipinski definition) is 8. The number of rotatable bonds is 6. The molecule has 2 rings (SSSR count). The minimum Gasteiger partial charge on any atom is -0.494 e.